The first-order valence-electron chi connectivity index (χ1n) is 15.4. The fourth-order valence-electron chi connectivity index (χ4n) is 6.25. The summed E-state index contributed by atoms with van der Waals surface area (Å²) in [5.74, 6) is -1.14. The molecule has 40 heavy (non-hydrogen) atoms. The third-order valence-corrected chi connectivity index (χ3v) is 8.72. The van der Waals surface area contributed by atoms with Gasteiger partial charge in [0.25, 0.3) is 0 Å². The monoisotopic (exact) mass is 566 g/mol. The molecule has 3 fully saturated rings. The van der Waals surface area contributed by atoms with Gasteiger partial charge in [0.05, 0.1) is 40.3 Å². The minimum Gasteiger partial charge on any atom is -0.468 e. The first-order valence-corrected chi connectivity index (χ1v) is 15.4. The molecule has 0 amide bonds. The molecule has 3 saturated carbocycles. The average Bonchev–Trinajstić information content (AvgIpc) is 2.99. The molecule has 0 aromatic carbocycles. The van der Waals surface area contributed by atoms with Crippen LogP contribution in [0.25, 0.3) is 0 Å². The first kappa shape index (κ1) is 32.3. The number of hydrogen-bond donors (Lipinski definition) is 2. The molecular formula is C30H50N2O8. The van der Waals surface area contributed by atoms with Crippen molar-refractivity contribution in [1.82, 2.24) is 10.6 Å². The van der Waals surface area contributed by atoms with Gasteiger partial charge in [-0.25, -0.2) is 0 Å². The van der Waals surface area contributed by atoms with Crippen LogP contribution in [-0.4, -0.2) is 75.5 Å². The Morgan fingerprint density at radius 3 is 1.25 bits per heavy atom. The Hall–Kier alpha value is -2.20. The molecule has 0 aliphatic heterocycles. The van der Waals surface area contributed by atoms with Gasteiger partial charge in [0.2, 0.25) is 0 Å². The van der Waals surface area contributed by atoms with E-state index in [1.54, 1.807) is 0 Å². The lowest BCUT2D eigenvalue weighted by Crippen LogP contribution is -2.46. The lowest BCUT2D eigenvalue weighted by Gasteiger charge is -2.29. The van der Waals surface area contributed by atoms with Crippen molar-refractivity contribution < 1.29 is 38.1 Å². The zero-order valence-corrected chi connectivity index (χ0v) is 24.5. The second-order valence-corrected chi connectivity index (χ2v) is 11.8. The van der Waals surface area contributed by atoms with Crippen LogP contribution in [0.3, 0.4) is 0 Å². The Labute approximate surface area is 239 Å². The Kier molecular flexibility index (Phi) is 14.2. The molecule has 10 nitrogen and oxygen atoms in total. The van der Waals surface area contributed by atoms with Gasteiger partial charge in [0.15, 0.2) is 0 Å². The standard InChI is InChI=1S/C30H50N2O8/c1-37-29(35)25(31-23-9-5-3-6-10-23)17-27(33)39-19-21-13-15-22(16-14-21)20-40-28(34)18-26(30(36)38-2)32-24-11-7-4-8-12-24/h21-26,31-32H,3-20H2,1-2H3. The minimum absolute atomic E-state index is 0.0311. The van der Waals surface area contributed by atoms with Gasteiger partial charge >= 0.3 is 23.9 Å². The third kappa shape index (κ3) is 11.4. The SMILES string of the molecule is COC(=O)C(CC(=O)OCC1CCC(COC(=O)CC(NC2CCCCC2)C(=O)OC)CC1)NC1CCCCC1. The molecule has 0 radical (unpaired) electrons. The van der Waals surface area contributed by atoms with Crippen molar-refractivity contribution in [2.24, 2.45) is 11.8 Å². The van der Waals surface area contributed by atoms with E-state index in [1.165, 1.54) is 27.1 Å². The van der Waals surface area contributed by atoms with Crippen LogP contribution in [-0.2, 0) is 38.1 Å². The lowest BCUT2D eigenvalue weighted by molar-refractivity contribution is -0.153. The van der Waals surface area contributed by atoms with Crippen LogP contribution in [0.2, 0.25) is 0 Å². The van der Waals surface area contributed by atoms with Crippen LogP contribution in [0, 0.1) is 11.8 Å². The molecule has 0 spiro atoms. The number of esters is 4. The summed E-state index contributed by atoms with van der Waals surface area (Å²) < 4.78 is 20.9. The maximum atomic E-state index is 12.5. The van der Waals surface area contributed by atoms with Gasteiger partial charge in [0, 0.05) is 12.1 Å². The molecule has 0 aromatic rings. The summed E-state index contributed by atoms with van der Waals surface area (Å²) in [6.07, 6.45) is 14.4. The van der Waals surface area contributed by atoms with Crippen LogP contribution in [0.1, 0.15) is 103 Å². The molecule has 2 N–H and O–H groups in total. The Balaban J connectivity index is 1.32. The molecule has 2 unspecified atom stereocenters. The summed E-state index contributed by atoms with van der Waals surface area (Å²) >= 11 is 0. The zero-order valence-electron chi connectivity index (χ0n) is 24.5. The van der Waals surface area contributed by atoms with E-state index in [2.05, 4.69) is 10.6 Å². The summed E-state index contributed by atoms with van der Waals surface area (Å²) in [5.41, 5.74) is 0. The van der Waals surface area contributed by atoms with Crippen LogP contribution < -0.4 is 10.6 Å². The number of methoxy groups -OCH3 is 2. The highest BCUT2D eigenvalue weighted by molar-refractivity contribution is 5.83. The number of rotatable bonds is 14. The van der Waals surface area contributed by atoms with Crippen molar-refractivity contribution in [2.45, 2.75) is 127 Å². The van der Waals surface area contributed by atoms with Gasteiger partial charge in [0.1, 0.15) is 12.1 Å². The molecule has 0 aromatic heterocycles. The molecular weight excluding hydrogens is 516 g/mol. The van der Waals surface area contributed by atoms with Crippen molar-refractivity contribution in [3.05, 3.63) is 0 Å². The van der Waals surface area contributed by atoms with Crippen LogP contribution >= 0.6 is 0 Å². The lowest BCUT2D eigenvalue weighted by atomic mass is 9.83. The molecule has 3 aliphatic carbocycles. The maximum absolute atomic E-state index is 12.5. The van der Waals surface area contributed by atoms with Crippen molar-refractivity contribution >= 4 is 23.9 Å². The van der Waals surface area contributed by atoms with Gasteiger partial charge in [-0.15, -0.1) is 0 Å². The summed E-state index contributed by atoms with van der Waals surface area (Å²) in [4.78, 5) is 49.5. The van der Waals surface area contributed by atoms with Crippen LogP contribution in [0.5, 0.6) is 0 Å². The second kappa shape index (κ2) is 17.6. The summed E-state index contributed by atoms with van der Waals surface area (Å²) in [5, 5.41) is 6.60. The van der Waals surface area contributed by atoms with E-state index in [0.29, 0.717) is 13.2 Å². The molecule has 0 saturated heterocycles. The number of carbonyl (C=O) groups is 4. The Morgan fingerprint density at radius 1 is 0.575 bits per heavy atom. The normalized spacial score (nSPS) is 23.9. The number of ether oxygens (including phenoxy) is 4. The fourth-order valence-corrected chi connectivity index (χ4v) is 6.25. The van der Waals surface area contributed by atoms with Crippen molar-refractivity contribution in [3.8, 4) is 0 Å². The third-order valence-electron chi connectivity index (χ3n) is 8.72. The van der Waals surface area contributed by atoms with E-state index in [4.69, 9.17) is 18.9 Å². The molecule has 0 bridgehead atoms. The van der Waals surface area contributed by atoms with Crippen molar-refractivity contribution in [1.29, 1.82) is 0 Å². The maximum Gasteiger partial charge on any atom is 0.323 e. The van der Waals surface area contributed by atoms with Gasteiger partial charge in [-0.3, -0.25) is 19.2 Å². The number of nitrogens with one attached hydrogen (secondary N) is 2. The predicted octanol–water partition coefficient (Wildman–Crippen LogP) is 3.59. The van der Waals surface area contributed by atoms with Gasteiger partial charge < -0.3 is 29.6 Å². The second-order valence-electron chi connectivity index (χ2n) is 11.8. The molecule has 228 valence electrons. The largest absolute Gasteiger partial charge is 0.468 e. The van der Waals surface area contributed by atoms with Crippen LogP contribution in [0.15, 0.2) is 0 Å². The summed E-state index contributed by atoms with van der Waals surface area (Å²) in [7, 11) is 2.68. The fraction of sp³-hybridized carbons (Fsp3) is 0.867. The zero-order chi connectivity index (χ0) is 28.7. The van der Waals surface area contributed by atoms with Crippen molar-refractivity contribution in [2.75, 3.05) is 27.4 Å². The summed E-state index contributed by atoms with van der Waals surface area (Å²) in [6, 6.07) is -0.894. The highest BCUT2D eigenvalue weighted by atomic mass is 16.5. The van der Waals surface area contributed by atoms with Gasteiger partial charge in [-0.1, -0.05) is 38.5 Å². The van der Waals surface area contributed by atoms with E-state index in [9.17, 15) is 19.2 Å². The molecule has 3 rings (SSSR count). The summed E-state index contributed by atoms with van der Waals surface area (Å²) in [6.45, 7) is 0.659. The van der Waals surface area contributed by atoms with Crippen molar-refractivity contribution in [3.63, 3.8) is 0 Å². The molecule has 2 atom stereocenters. The Bertz CT molecular complexity index is 736. The van der Waals surface area contributed by atoms with E-state index >= 15 is 0 Å². The topological polar surface area (TPSA) is 129 Å². The highest BCUT2D eigenvalue weighted by Gasteiger charge is 2.30. The first-order chi connectivity index (χ1) is 19.4. The number of carbonyl (C=O) groups excluding carboxylic acids is 4. The molecule has 0 heterocycles. The highest BCUT2D eigenvalue weighted by Crippen LogP contribution is 2.29. The predicted molar refractivity (Wildman–Crippen MR) is 148 cm³/mol. The number of hydrogen-bond acceptors (Lipinski definition) is 10. The van der Waals surface area contributed by atoms with Crippen LogP contribution in [0.4, 0.5) is 0 Å². The van der Waals surface area contributed by atoms with E-state index in [1.807, 2.05) is 0 Å². The average molecular weight is 567 g/mol. The van der Waals surface area contributed by atoms with Gasteiger partial charge in [-0.05, 0) is 63.2 Å². The van der Waals surface area contributed by atoms with E-state index < -0.39 is 36.0 Å². The molecule has 10 heteroatoms. The minimum atomic E-state index is -0.678. The Morgan fingerprint density at radius 2 is 0.925 bits per heavy atom. The van der Waals surface area contributed by atoms with E-state index in [0.717, 1.165) is 77.0 Å². The molecule has 3 aliphatic rings. The van der Waals surface area contributed by atoms with Gasteiger partial charge in [-0.2, -0.15) is 0 Å². The quantitative estimate of drug-likeness (QED) is 0.238. The smallest absolute Gasteiger partial charge is 0.323 e. The van der Waals surface area contributed by atoms with E-state index in [-0.39, 0.29) is 36.8 Å².